The van der Waals surface area contributed by atoms with Crippen LogP contribution in [0.25, 0.3) is 10.9 Å². The highest BCUT2D eigenvalue weighted by Crippen LogP contribution is 2.41. The Morgan fingerprint density at radius 2 is 1.87 bits per heavy atom. The van der Waals surface area contributed by atoms with Gasteiger partial charge in [0.2, 0.25) is 0 Å². The van der Waals surface area contributed by atoms with E-state index in [0.29, 0.717) is 5.69 Å². The molecule has 0 aliphatic heterocycles. The number of hydrogen-bond acceptors (Lipinski definition) is 1. The quantitative estimate of drug-likeness (QED) is 0.745. The second kappa shape index (κ2) is 5.27. The molecule has 1 aromatic heterocycles. The van der Waals surface area contributed by atoms with Gasteiger partial charge in [-0.15, -0.1) is 0 Å². The van der Waals surface area contributed by atoms with Crippen LogP contribution in [0.1, 0.15) is 40.9 Å². The van der Waals surface area contributed by atoms with Gasteiger partial charge in [0, 0.05) is 10.9 Å². The van der Waals surface area contributed by atoms with E-state index in [1.165, 1.54) is 11.1 Å². The van der Waals surface area contributed by atoms with Crippen LogP contribution in [0.5, 0.6) is 0 Å². The monoisotopic (exact) mass is 304 g/mol. The molecule has 1 fully saturated rings. The summed E-state index contributed by atoms with van der Waals surface area (Å²) in [7, 11) is 0. The van der Waals surface area contributed by atoms with Crippen LogP contribution in [0.2, 0.25) is 0 Å². The van der Waals surface area contributed by atoms with Crippen molar-refractivity contribution in [2.75, 3.05) is 0 Å². The fraction of sp³-hybridized carbons (Fsp3) is 0.250. The SMILES string of the molecule is Cc1ccc2[nH]c(C(=O)NC3(c4ccccc4)CCC3)cc2c1. The summed E-state index contributed by atoms with van der Waals surface area (Å²) in [5.41, 5.74) is 3.83. The van der Waals surface area contributed by atoms with Gasteiger partial charge in [0.25, 0.3) is 5.91 Å². The summed E-state index contributed by atoms with van der Waals surface area (Å²) in [5, 5.41) is 4.35. The van der Waals surface area contributed by atoms with E-state index in [-0.39, 0.29) is 11.4 Å². The molecule has 4 rings (SSSR count). The molecule has 3 aromatic rings. The molecule has 3 heteroatoms. The number of carbonyl (C=O) groups excluding carboxylic acids is 1. The Kier molecular flexibility index (Phi) is 3.22. The van der Waals surface area contributed by atoms with Crippen molar-refractivity contribution < 1.29 is 4.79 Å². The smallest absolute Gasteiger partial charge is 0.268 e. The number of amides is 1. The highest BCUT2D eigenvalue weighted by molar-refractivity contribution is 5.98. The molecule has 1 heterocycles. The molecule has 0 saturated heterocycles. The predicted octanol–water partition coefficient (Wildman–Crippen LogP) is 4.29. The summed E-state index contributed by atoms with van der Waals surface area (Å²) in [5.74, 6) is -0.0255. The molecule has 0 spiro atoms. The van der Waals surface area contributed by atoms with Gasteiger partial charge in [-0.1, -0.05) is 42.0 Å². The molecule has 1 amide bonds. The highest BCUT2D eigenvalue weighted by atomic mass is 16.2. The van der Waals surface area contributed by atoms with Crippen LogP contribution in [0, 0.1) is 6.92 Å². The van der Waals surface area contributed by atoms with E-state index in [1.807, 2.05) is 30.3 Å². The topological polar surface area (TPSA) is 44.9 Å². The van der Waals surface area contributed by atoms with Crippen LogP contribution >= 0.6 is 0 Å². The molecule has 2 N–H and O–H groups in total. The molecule has 0 bridgehead atoms. The molecular formula is C20H20N2O. The van der Waals surface area contributed by atoms with Crippen molar-refractivity contribution in [1.29, 1.82) is 0 Å². The Hall–Kier alpha value is -2.55. The molecular weight excluding hydrogens is 284 g/mol. The standard InChI is InChI=1S/C20H20N2O/c1-14-8-9-17-15(12-14)13-18(21-17)19(23)22-20(10-5-11-20)16-6-3-2-4-7-16/h2-4,6-9,12-13,21H,5,10-11H2,1H3,(H,22,23). The van der Waals surface area contributed by atoms with Gasteiger partial charge in [0.1, 0.15) is 5.69 Å². The third kappa shape index (κ3) is 2.42. The molecule has 3 nitrogen and oxygen atoms in total. The molecule has 23 heavy (non-hydrogen) atoms. The minimum Gasteiger partial charge on any atom is -0.351 e. The zero-order chi connectivity index (χ0) is 15.9. The molecule has 1 saturated carbocycles. The molecule has 1 aliphatic carbocycles. The normalized spacial score (nSPS) is 16.0. The number of H-pyrrole nitrogens is 1. The minimum atomic E-state index is -0.203. The van der Waals surface area contributed by atoms with E-state index in [0.717, 1.165) is 30.2 Å². The Morgan fingerprint density at radius 3 is 2.57 bits per heavy atom. The van der Waals surface area contributed by atoms with E-state index >= 15 is 0 Å². The van der Waals surface area contributed by atoms with Gasteiger partial charge in [-0.05, 0) is 49.9 Å². The number of aryl methyl sites for hydroxylation is 1. The van der Waals surface area contributed by atoms with Crippen molar-refractivity contribution in [3.05, 3.63) is 71.4 Å². The van der Waals surface area contributed by atoms with Gasteiger partial charge >= 0.3 is 0 Å². The van der Waals surface area contributed by atoms with E-state index in [4.69, 9.17) is 0 Å². The number of carbonyl (C=O) groups is 1. The van der Waals surface area contributed by atoms with E-state index in [1.54, 1.807) is 0 Å². The Balaban J connectivity index is 1.63. The van der Waals surface area contributed by atoms with Gasteiger partial charge in [-0.2, -0.15) is 0 Å². The van der Waals surface area contributed by atoms with Crippen molar-refractivity contribution in [3.8, 4) is 0 Å². The summed E-state index contributed by atoms with van der Waals surface area (Å²) in [6.07, 6.45) is 3.16. The summed E-state index contributed by atoms with van der Waals surface area (Å²) in [6, 6.07) is 18.4. The van der Waals surface area contributed by atoms with Crippen molar-refractivity contribution >= 4 is 16.8 Å². The summed E-state index contributed by atoms with van der Waals surface area (Å²) in [6.45, 7) is 2.06. The van der Waals surface area contributed by atoms with Crippen molar-refractivity contribution in [3.63, 3.8) is 0 Å². The Morgan fingerprint density at radius 1 is 1.09 bits per heavy atom. The largest absolute Gasteiger partial charge is 0.351 e. The van der Waals surface area contributed by atoms with Gasteiger partial charge in [-0.3, -0.25) is 4.79 Å². The maximum Gasteiger partial charge on any atom is 0.268 e. The zero-order valence-corrected chi connectivity index (χ0v) is 13.2. The lowest BCUT2D eigenvalue weighted by atomic mass is 9.71. The van der Waals surface area contributed by atoms with Gasteiger partial charge in [0.05, 0.1) is 5.54 Å². The van der Waals surface area contributed by atoms with E-state index in [2.05, 4.69) is 41.5 Å². The number of fused-ring (bicyclic) bond motifs is 1. The number of nitrogens with one attached hydrogen (secondary N) is 2. The third-order valence-electron chi connectivity index (χ3n) is 4.91. The number of aromatic nitrogens is 1. The molecule has 1 aliphatic rings. The second-order valence-corrected chi connectivity index (χ2v) is 6.53. The summed E-state index contributed by atoms with van der Waals surface area (Å²) in [4.78, 5) is 16.0. The Bertz CT molecular complexity index is 860. The van der Waals surface area contributed by atoms with Crippen molar-refractivity contribution in [2.45, 2.75) is 31.7 Å². The maximum absolute atomic E-state index is 12.7. The minimum absolute atomic E-state index is 0.0255. The average molecular weight is 304 g/mol. The van der Waals surface area contributed by atoms with Gasteiger partial charge in [0.15, 0.2) is 0 Å². The number of aromatic amines is 1. The number of hydrogen-bond donors (Lipinski definition) is 2. The first kappa shape index (κ1) is 14.1. The van der Waals surface area contributed by atoms with E-state index in [9.17, 15) is 4.79 Å². The average Bonchev–Trinajstić information content (AvgIpc) is 2.94. The van der Waals surface area contributed by atoms with Crippen LogP contribution in [-0.4, -0.2) is 10.9 Å². The lowest BCUT2D eigenvalue weighted by Crippen LogP contribution is -2.50. The van der Waals surface area contributed by atoms with Crippen LogP contribution < -0.4 is 5.32 Å². The summed E-state index contributed by atoms with van der Waals surface area (Å²) >= 11 is 0. The zero-order valence-electron chi connectivity index (χ0n) is 13.2. The molecule has 116 valence electrons. The number of benzene rings is 2. The van der Waals surface area contributed by atoms with Gasteiger partial charge in [-0.25, -0.2) is 0 Å². The third-order valence-corrected chi connectivity index (χ3v) is 4.91. The first-order chi connectivity index (χ1) is 11.2. The van der Waals surface area contributed by atoms with Crippen LogP contribution in [0.15, 0.2) is 54.6 Å². The fourth-order valence-corrected chi connectivity index (χ4v) is 3.43. The van der Waals surface area contributed by atoms with Crippen molar-refractivity contribution in [1.82, 2.24) is 10.3 Å². The predicted molar refractivity (Wildman–Crippen MR) is 92.5 cm³/mol. The molecule has 2 aromatic carbocycles. The number of rotatable bonds is 3. The Labute approximate surface area is 135 Å². The maximum atomic E-state index is 12.7. The van der Waals surface area contributed by atoms with Gasteiger partial charge < -0.3 is 10.3 Å². The van der Waals surface area contributed by atoms with Crippen molar-refractivity contribution in [2.24, 2.45) is 0 Å². The first-order valence-corrected chi connectivity index (χ1v) is 8.14. The molecule has 0 atom stereocenters. The molecule has 0 radical (unpaired) electrons. The van der Waals surface area contributed by atoms with Crippen LogP contribution in [-0.2, 0) is 5.54 Å². The lowest BCUT2D eigenvalue weighted by molar-refractivity contribution is 0.0819. The second-order valence-electron chi connectivity index (χ2n) is 6.53. The van der Waals surface area contributed by atoms with E-state index < -0.39 is 0 Å². The first-order valence-electron chi connectivity index (χ1n) is 8.14. The lowest BCUT2D eigenvalue weighted by Gasteiger charge is -2.43. The van der Waals surface area contributed by atoms with Crippen LogP contribution in [0.4, 0.5) is 0 Å². The highest BCUT2D eigenvalue weighted by Gasteiger charge is 2.40. The summed E-state index contributed by atoms with van der Waals surface area (Å²) < 4.78 is 0. The van der Waals surface area contributed by atoms with Crippen LogP contribution in [0.3, 0.4) is 0 Å². The fourth-order valence-electron chi connectivity index (χ4n) is 3.43. The molecule has 0 unspecified atom stereocenters.